The van der Waals surface area contributed by atoms with Crippen molar-refractivity contribution < 1.29 is 23.7 Å². The molecule has 0 saturated carbocycles. The standard InChI is InChI=1S/C15H19N3O5S/c1-18-14(16-17-15(18)24-8-12(19)22-4)9-6-10(20-2)13(23-5)11(7-9)21-3/h6-7H,8H2,1-5H3. The Morgan fingerprint density at radius 1 is 1.08 bits per heavy atom. The molecule has 1 aromatic carbocycles. The highest BCUT2D eigenvalue weighted by Crippen LogP contribution is 2.41. The van der Waals surface area contributed by atoms with Crippen molar-refractivity contribution in [2.24, 2.45) is 7.05 Å². The molecule has 0 atom stereocenters. The average molecular weight is 353 g/mol. The molecule has 1 aromatic heterocycles. The van der Waals surface area contributed by atoms with Crippen LogP contribution in [-0.4, -0.2) is 54.9 Å². The van der Waals surface area contributed by atoms with Gasteiger partial charge in [-0.05, 0) is 12.1 Å². The molecular weight excluding hydrogens is 334 g/mol. The Labute approximate surface area is 144 Å². The number of esters is 1. The van der Waals surface area contributed by atoms with Crippen molar-refractivity contribution in [3.63, 3.8) is 0 Å². The summed E-state index contributed by atoms with van der Waals surface area (Å²) in [6.07, 6.45) is 0. The van der Waals surface area contributed by atoms with Gasteiger partial charge in [0.2, 0.25) is 5.75 Å². The maximum Gasteiger partial charge on any atom is 0.316 e. The maximum absolute atomic E-state index is 11.3. The molecule has 0 radical (unpaired) electrons. The van der Waals surface area contributed by atoms with Crippen LogP contribution in [0.5, 0.6) is 17.2 Å². The topological polar surface area (TPSA) is 84.7 Å². The van der Waals surface area contributed by atoms with Gasteiger partial charge >= 0.3 is 5.97 Å². The second kappa shape index (κ2) is 7.91. The molecular formula is C15H19N3O5S. The van der Waals surface area contributed by atoms with E-state index in [2.05, 4.69) is 14.9 Å². The number of ether oxygens (including phenoxy) is 4. The van der Waals surface area contributed by atoms with Gasteiger partial charge in [0.25, 0.3) is 0 Å². The fourth-order valence-corrected chi connectivity index (χ4v) is 2.83. The van der Waals surface area contributed by atoms with Crippen molar-refractivity contribution in [2.45, 2.75) is 5.16 Å². The van der Waals surface area contributed by atoms with Crippen LogP contribution in [0.4, 0.5) is 0 Å². The molecule has 0 N–H and O–H groups in total. The van der Waals surface area contributed by atoms with Crippen LogP contribution in [0.3, 0.4) is 0 Å². The van der Waals surface area contributed by atoms with E-state index in [1.165, 1.54) is 18.9 Å². The normalized spacial score (nSPS) is 10.4. The van der Waals surface area contributed by atoms with E-state index in [0.717, 1.165) is 5.56 Å². The third kappa shape index (κ3) is 3.56. The number of carbonyl (C=O) groups excluding carboxylic acids is 1. The summed E-state index contributed by atoms with van der Waals surface area (Å²) in [5.41, 5.74) is 0.754. The zero-order chi connectivity index (χ0) is 17.7. The highest BCUT2D eigenvalue weighted by molar-refractivity contribution is 7.99. The summed E-state index contributed by atoms with van der Waals surface area (Å²) in [5, 5.41) is 8.89. The predicted molar refractivity (Wildman–Crippen MR) is 88.8 cm³/mol. The lowest BCUT2D eigenvalue weighted by molar-refractivity contribution is -0.137. The minimum absolute atomic E-state index is 0.164. The zero-order valence-corrected chi connectivity index (χ0v) is 15.0. The SMILES string of the molecule is COC(=O)CSc1nnc(-c2cc(OC)c(OC)c(OC)c2)n1C. The second-order valence-electron chi connectivity index (χ2n) is 4.64. The van der Waals surface area contributed by atoms with E-state index < -0.39 is 0 Å². The minimum Gasteiger partial charge on any atom is -0.493 e. The van der Waals surface area contributed by atoms with Crippen molar-refractivity contribution in [3.05, 3.63) is 12.1 Å². The fourth-order valence-electron chi connectivity index (χ4n) is 2.08. The van der Waals surface area contributed by atoms with Crippen LogP contribution >= 0.6 is 11.8 Å². The molecule has 0 fully saturated rings. The van der Waals surface area contributed by atoms with Gasteiger partial charge in [0.1, 0.15) is 0 Å². The Morgan fingerprint density at radius 2 is 1.71 bits per heavy atom. The number of benzene rings is 1. The molecule has 0 amide bonds. The Morgan fingerprint density at radius 3 is 2.21 bits per heavy atom. The van der Waals surface area contributed by atoms with Crippen molar-refractivity contribution in [2.75, 3.05) is 34.2 Å². The number of methoxy groups -OCH3 is 4. The largest absolute Gasteiger partial charge is 0.493 e. The van der Waals surface area contributed by atoms with Crippen LogP contribution in [0, 0.1) is 0 Å². The first-order chi connectivity index (χ1) is 11.5. The molecule has 0 aliphatic heterocycles. The van der Waals surface area contributed by atoms with Gasteiger partial charge in [-0.2, -0.15) is 0 Å². The molecule has 0 spiro atoms. The smallest absolute Gasteiger partial charge is 0.316 e. The third-order valence-corrected chi connectivity index (χ3v) is 4.30. The molecule has 2 aromatic rings. The van der Waals surface area contributed by atoms with Gasteiger partial charge in [0, 0.05) is 12.6 Å². The minimum atomic E-state index is -0.322. The molecule has 8 nitrogen and oxygen atoms in total. The van der Waals surface area contributed by atoms with Crippen molar-refractivity contribution in [3.8, 4) is 28.6 Å². The monoisotopic (exact) mass is 353 g/mol. The van der Waals surface area contributed by atoms with Crippen molar-refractivity contribution in [1.29, 1.82) is 0 Å². The summed E-state index contributed by atoms with van der Waals surface area (Å²) in [7, 11) is 7.81. The van der Waals surface area contributed by atoms with E-state index in [-0.39, 0.29) is 11.7 Å². The van der Waals surface area contributed by atoms with E-state index in [0.29, 0.717) is 28.2 Å². The highest BCUT2D eigenvalue weighted by atomic mass is 32.2. The Balaban J connectivity index is 2.38. The van der Waals surface area contributed by atoms with Crippen LogP contribution in [-0.2, 0) is 16.6 Å². The lowest BCUT2D eigenvalue weighted by atomic mass is 10.1. The van der Waals surface area contributed by atoms with E-state index >= 15 is 0 Å². The summed E-state index contributed by atoms with van der Waals surface area (Å²) in [6.45, 7) is 0. The molecule has 0 bridgehead atoms. The van der Waals surface area contributed by atoms with E-state index in [4.69, 9.17) is 14.2 Å². The van der Waals surface area contributed by atoms with Gasteiger partial charge in [0.05, 0.1) is 34.2 Å². The first-order valence-corrected chi connectivity index (χ1v) is 7.93. The molecule has 0 aliphatic rings. The van der Waals surface area contributed by atoms with Crippen LogP contribution in [0.2, 0.25) is 0 Å². The Bertz CT molecular complexity index is 707. The molecule has 0 unspecified atom stereocenters. The second-order valence-corrected chi connectivity index (χ2v) is 5.59. The van der Waals surface area contributed by atoms with E-state index in [1.54, 1.807) is 38.0 Å². The highest BCUT2D eigenvalue weighted by Gasteiger charge is 2.18. The van der Waals surface area contributed by atoms with Crippen LogP contribution in [0.15, 0.2) is 17.3 Å². The summed E-state index contributed by atoms with van der Waals surface area (Å²) in [5.74, 6) is 2.01. The number of nitrogens with zero attached hydrogens (tertiary/aromatic N) is 3. The molecule has 2 rings (SSSR count). The summed E-state index contributed by atoms with van der Waals surface area (Å²) >= 11 is 1.25. The van der Waals surface area contributed by atoms with Crippen molar-refractivity contribution >= 4 is 17.7 Å². The predicted octanol–water partition coefficient (Wildman–Crippen LogP) is 1.77. The average Bonchev–Trinajstić information content (AvgIpc) is 2.98. The quantitative estimate of drug-likeness (QED) is 0.550. The maximum atomic E-state index is 11.3. The van der Waals surface area contributed by atoms with Gasteiger partial charge in [-0.1, -0.05) is 11.8 Å². The van der Waals surface area contributed by atoms with Gasteiger partial charge in [-0.25, -0.2) is 0 Å². The van der Waals surface area contributed by atoms with Gasteiger partial charge in [-0.3, -0.25) is 4.79 Å². The lowest BCUT2D eigenvalue weighted by Crippen LogP contribution is -2.04. The van der Waals surface area contributed by atoms with Crippen LogP contribution in [0.1, 0.15) is 0 Å². The summed E-state index contributed by atoms with van der Waals surface area (Å²) in [6, 6.07) is 3.58. The van der Waals surface area contributed by atoms with Gasteiger partial charge in [0.15, 0.2) is 22.5 Å². The van der Waals surface area contributed by atoms with Crippen LogP contribution in [0.25, 0.3) is 11.4 Å². The van der Waals surface area contributed by atoms with E-state index in [1.807, 2.05) is 7.05 Å². The number of thioether (sulfide) groups is 1. The lowest BCUT2D eigenvalue weighted by Gasteiger charge is -2.13. The zero-order valence-electron chi connectivity index (χ0n) is 14.2. The molecule has 130 valence electrons. The first-order valence-electron chi connectivity index (χ1n) is 6.95. The summed E-state index contributed by atoms with van der Waals surface area (Å²) < 4.78 is 22.4. The number of rotatable bonds is 7. The Hall–Kier alpha value is -2.42. The third-order valence-electron chi connectivity index (χ3n) is 3.30. The molecule has 9 heteroatoms. The van der Waals surface area contributed by atoms with Gasteiger partial charge < -0.3 is 23.5 Å². The Kier molecular flexibility index (Phi) is 5.91. The molecule has 24 heavy (non-hydrogen) atoms. The fraction of sp³-hybridized carbons (Fsp3) is 0.400. The first kappa shape index (κ1) is 17.9. The molecule has 1 heterocycles. The van der Waals surface area contributed by atoms with E-state index in [9.17, 15) is 4.79 Å². The number of hydrogen-bond acceptors (Lipinski definition) is 8. The van der Waals surface area contributed by atoms with Crippen molar-refractivity contribution in [1.82, 2.24) is 14.8 Å². The summed E-state index contributed by atoms with van der Waals surface area (Å²) in [4.78, 5) is 11.3. The number of carbonyl (C=O) groups is 1. The van der Waals surface area contributed by atoms with Gasteiger partial charge in [-0.15, -0.1) is 10.2 Å². The van der Waals surface area contributed by atoms with Crippen LogP contribution < -0.4 is 14.2 Å². The number of hydrogen-bond donors (Lipinski definition) is 0. The molecule has 0 aliphatic carbocycles. The molecule has 0 saturated heterocycles. The number of aromatic nitrogens is 3.